The zero-order chi connectivity index (χ0) is 23.7. The minimum absolute atomic E-state index is 0.171. The fourth-order valence-electron chi connectivity index (χ4n) is 3.11. The SMILES string of the molecule is CCc1ccc(OCC(=O)N(Cc2cccc(OC)c2)[C@H](C)C(=O)NCC(C)C)c(Br)c1. The van der Waals surface area contributed by atoms with Crippen LogP contribution in [0.2, 0.25) is 0 Å². The first-order chi connectivity index (χ1) is 15.2. The molecule has 0 spiro atoms. The molecule has 0 aliphatic rings. The van der Waals surface area contributed by atoms with Crippen molar-refractivity contribution in [2.45, 2.75) is 46.7 Å². The highest BCUT2D eigenvalue weighted by atomic mass is 79.9. The Balaban J connectivity index is 2.17. The summed E-state index contributed by atoms with van der Waals surface area (Å²) in [6.07, 6.45) is 0.912. The molecule has 0 heterocycles. The van der Waals surface area contributed by atoms with E-state index in [1.54, 1.807) is 18.9 Å². The molecule has 0 bridgehead atoms. The predicted octanol–water partition coefficient (Wildman–Crippen LogP) is 4.59. The summed E-state index contributed by atoms with van der Waals surface area (Å²) in [5.74, 6) is 1.15. The van der Waals surface area contributed by atoms with Gasteiger partial charge in [0.2, 0.25) is 5.91 Å². The molecule has 0 saturated carbocycles. The molecule has 2 amide bonds. The van der Waals surface area contributed by atoms with Crippen molar-refractivity contribution < 1.29 is 19.1 Å². The van der Waals surface area contributed by atoms with Gasteiger partial charge in [0.25, 0.3) is 5.91 Å². The summed E-state index contributed by atoms with van der Waals surface area (Å²) in [6.45, 7) is 8.52. The van der Waals surface area contributed by atoms with E-state index in [4.69, 9.17) is 9.47 Å². The number of halogens is 1. The van der Waals surface area contributed by atoms with E-state index in [1.807, 2.05) is 56.3 Å². The van der Waals surface area contributed by atoms with Crippen molar-refractivity contribution in [2.24, 2.45) is 5.92 Å². The van der Waals surface area contributed by atoms with Crippen LogP contribution in [0.25, 0.3) is 0 Å². The molecule has 1 N–H and O–H groups in total. The highest BCUT2D eigenvalue weighted by Crippen LogP contribution is 2.26. The third kappa shape index (κ3) is 7.55. The lowest BCUT2D eigenvalue weighted by atomic mass is 10.1. The van der Waals surface area contributed by atoms with Crippen LogP contribution in [0.5, 0.6) is 11.5 Å². The first kappa shape index (κ1) is 25.7. The van der Waals surface area contributed by atoms with E-state index in [-0.39, 0.29) is 25.0 Å². The summed E-state index contributed by atoms with van der Waals surface area (Å²) >= 11 is 3.50. The topological polar surface area (TPSA) is 67.9 Å². The summed E-state index contributed by atoms with van der Waals surface area (Å²) < 4.78 is 11.9. The van der Waals surface area contributed by atoms with Gasteiger partial charge in [-0.3, -0.25) is 9.59 Å². The lowest BCUT2D eigenvalue weighted by Gasteiger charge is -2.29. The fraction of sp³-hybridized carbons (Fsp3) is 0.440. The second kappa shape index (κ2) is 12.5. The Labute approximate surface area is 199 Å². The summed E-state index contributed by atoms with van der Waals surface area (Å²) in [5, 5.41) is 2.92. The van der Waals surface area contributed by atoms with Gasteiger partial charge in [-0.2, -0.15) is 0 Å². The maximum atomic E-state index is 13.2. The molecule has 0 unspecified atom stereocenters. The Morgan fingerprint density at radius 3 is 2.47 bits per heavy atom. The van der Waals surface area contributed by atoms with Gasteiger partial charge in [-0.25, -0.2) is 0 Å². The van der Waals surface area contributed by atoms with E-state index in [2.05, 4.69) is 28.2 Å². The molecular formula is C25H33BrN2O4. The number of rotatable bonds is 11. The highest BCUT2D eigenvalue weighted by Gasteiger charge is 2.27. The van der Waals surface area contributed by atoms with Gasteiger partial charge < -0.3 is 19.7 Å². The number of hydrogen-bond acceptors (Lipinski definition) is 4. The third-order valence-corrected chi connectivity index (χ3v) is 5.71. The molecule has 0 saturated heterocycles. The van der Waals surface area contributed by atoms with Crippen molar-refractivity contribution in [1.82, 2.24) is 10.2 Å². The van der Waals surface area contributed by atoms with E-state index in [0.29, 0.717) is 24.0 Å². The number of methoxy groups -OCH3 is 1. The quantitative estimate of drug-likeness (QED) is 0.485. The van der Waals surface area contributed by atoms with Crippen LogP contribution in [0.1, 0.15) is 38.8 Å². The van der Waals surface area contributed by atoms with Crippen molar-refractivity contribution in [3.05, 3.63) is 58.1 Å². The number of hydrogen-bond donors (Lipinski definition) is 1. The van der Waals surface area contributed by atoms with Crippen molar-refractivity contribution in [3.8, 4) is 11.5 Å². The molecule has 2 aromatic rings. The van der Waals surface area contributed by atoms with Gasteiger partial charge in [0, 0.05) is 13.1 Å². The van der Waals surface area contributed by atoms with Gasteiger partial charge in [-0.1, -0.05) is 39.0 Å². The molecule has 1 atom stereocenters. The largest absolute Gasteiger partial charge is 0.497 e. The molecule has 174 valence electrons. The highest BCUT2D eigenvalue weighted by molar-refractivity contribution is 9.10. The van der Waals surface area contributed by atoms with Crippen molar-refractivity contribution in [3.63, 3.8) is 0 Å². The summed E-state index contributed by atoms with van der Waals surface area (Å²) in [4.78, 5) is 27.4. The smallest absolute Gasteiger partial charge is 0.261 e. The lowest BCUT2D eigenvalue weighted by Crippen LogP contribution is -2.49. The maximum absolute atomic E-state index is 13.2. The summed E-state index contributed by atoms with van der Waals surface area (Å²) in [5.41, 5.74) is 2.04. The second-order valence-electron chi connectivity index (χ2n) is 8.10. The maximum Gasteiger partial charge on any atom is 0.261 e. The molecular weight excluding hydrogens is 472 g/mol. The number of benzene rings is 2. The average molecular weight is 505 g/mol. The molecule has 32 heavy (non-hydrogen) atoms. The number of ether oxygens (including phenoxy) is 2. The first-order valence-corrected chi connectivity index (χ1v) is 11.7. The Hall–Kier alpha value is -2.54. The molecule has 0 radical (unpaired) electrons. The van der Waals surface area contributed by atoms with E-state index < -0.39 is 6.04 Å². The number of carbonyl (C=O) groups excluding carboxylic acids is 2. The zero-order valence-corrected chi connectivity index (χ0v) is 21.1. The van der Waals surface area contributed by atoms with E-state index in [0.717, 1.165) is 16.5 Å². The van der Waals surface area contributed by atoms with Crippen molar-refractivity contribution in [1.29, 1.82) is 0 Å². The lowest BCUT2D eigenvalue weighted by molar-refractivity contribution is -0.142. The standard InChI is InChI=1S/C25H33BrN2O4/c1-6-19-10-11-23(22(26)13-19)32-16-24(29)28(18(4)25(30)27-14-17(2)3)15-20-8-7-9-21(12-20)31-5/h7-13,17-18H,6,14-16H2,1-5H3,(H,27,30)/t18-/m1/s1. The van der Waals surface area contributed by atoms with Crippen LogP contribution in [0.3, 0.4) is 0 Å². The number of amides is 2. The fourth-order valence-corrected chi connectivity index (χ4v) is 3.65. The minimum atomic E-state index is -0.651. The van der Waals surface area contributed by atoms with Crippen LogP contribution in [-0.4, -0.2) is 43.0 Å². The van der Waals surface area contributed by atoms with Crippen LogP contribution >= 0.6 is 15.9 Å². The summed E-state index contributed by atoms with van der Waals surface area (Å²) in [7, 11) is 1.60. The second-order valence-corrected chi connectivity index (χ2v) is 8.95. The molecule has 2 aromatic carbocycles. The van der Waals surface area contributed by atoms with Gasteiger partial charge in [-0.15, -0.1) is 0 Å². The minimum Gasteiger partial charge on any atom is -0.497 e. The van der Waals surface area contributed by atoms with Crippen molar-refractivity contribution >= 4 is 27.7 Å². The molecule has 2 rings (SSSR count). The molecule has 6 nitrogen and oxygen atoms in total. The summed E-state index contributed by atoms with van der Waals surface area (Å²) in [6, 6.07) is 12.6. The van der Waals surface area contributed by atoms with Crippen LogP contribution in [0, 0.1) is 5.92 Å². The van der Waals surface area contributed by atoms with Crippen LogP contribution < -0.4 is 14.8 Å². The van der Waals surface area contributed by atoms with Crippen LogP contribution in [0.4, 0.5) is 0 Å². The van der Waals surface area contributed by atoms with Gasteiger partial charge in [0.05, 0.1) is 11.6 Å². The Morgan fingerprint density at radius 1 is 1.09 bits per heavy atom. The van der Waals surface area contributed by atoms with Gasteiger partial charge in [0.15, 0.2) is 6.61 Å². The molecule has 0 aromatic heterocycles. The average Bonchev–Trinajstić information content (AvgIpc) is 2.79. The molecule has 0 aliphatic carbocycles. The van der Waals surface area contributed by atoms with E-state index in [9.17, 15) is 9.59 Å². The van der Waals surface area contributed by atoms with Gasteiger partial charge >= 0.3 is 0 Å². The molecule has 0 aliphatic heterocycles. The van der Waals surface area contributed by atoms with Gasteiger partial charge in [-0.05, 0) is 70.6 Å². The zero-order valence-electron chi connectivity index (χ0n) is 19.5. The molecule has 0 fully saturated rings. The monoisotopic (exact) mass is 504 g/mol. The third-order valence-electron chi connectivity index (χ3n) is 5.09. The number of nitrogens with one attached hydrogen (secondary N) is 1. The van der Waals surface area contributed by atoms with Gasteiger partial charge in [0.1, 0.15) is 17.5 Å². The van der Waals surface area contributed by atoms with E-state index >= 15 is 0 Å². The first-order valence-electron chi connectivity index (χ1n) is 10.9. The van der Waals surface area contributed by atoms with Crippen LogP contribution in [-0.2, 0) is 22.6 Å². The number of carbonyl (C=O) groups is 2. The van der Waals surface area contributed by atoms with Crippen molar-refractivity contribution in [2.75, 3.05) is 20.3 Å². The van der Waals surface area contributed by atoms with E-state index in [1.165, 1.54) is 5.56 Å². The Morgan fingerprint density at radius 2 is 1.84 bits per heavy atom. The Bertz CT molecular complexity index is 917. The normalized spacial score (nSPS) is 11.7. The Kier molecular flexibility index (Phi) is 10.0. The number of aryl methyl sites for hydroxylation is 1. The molecule has 7 heteroatoms. The van der Waals surface area contributed by atoms with Crippen LogP contribution in [0.15, 0.2) is 46.9 Å². The number of nitrogens with zero attached hydrogens (tertiary/aromatic N) is 1. The predicted molar refractivity (Wildman–Crippen MR) is 130 cm³/mol.